The van der Waals surface area contributed by atoms with E-state index in [0.717, 1.165) is 31.9 Å². The third-order valence-electron chi connectivity index (χ3n) is 3.38. The van der Waals surface area contributed by atoms with E-state index < -0.39 is 0 Å². The van der Waals surface area contributed by atoms with Crippen LogP contribution in [-0.4, -0.2) is 62.8 Å². The number of halogens is 1. The summed E-state index contributed by atoms with van der Waals surface area (Å²) in [5.41, 5.74) is 0. The van der Waals surface area contributed by atoms with Crippen molar-refractivity contribution in [3.63, 3.8) is 0 Å². The second kappa shape index (κ2) is 12.9. The number of carbonyl (C=O) groups is 1. The van der Waals surface area contributed by atoms with Crippen molar-refractivity contribution in [3.8, 4) is 0 Å². The summed E-state index contributed by atoms with van der Waals surface area (Å²) in [4.78, 5) is 18.6. The minimum atomic E-state index is -0.0904. The van der Waals surface area contributed by atoms with Gasteiger partial charge in [0, 0.05) is 26.2 Å². The quantitative estimate of drug-likeness (QED) is 0.221. The fraction of sp³-hybridized carbons (Fsp3) is 0.867. The lowest BCUT2D eigenvalue weighted by atomic mass is 9.98. The Kier molecular flexibility index (Phi) is 12.6. The Bertz CT molecular complexity index is 340. The number of hydrogen-bond acceptors (Lipinski definition) is 4. The molecular formula is C15H30IN3O3. The van der Waals surface area contributed by atoms with E-state index in [4.69, 9.17) is 9.47 Å². The maximum atomic E-state index is 11.9. The average molecular weight is 427 g/mol. The van der Waals surface area contributed by atoms with E-state index in [9.17, 15) is 4.79 Å². The fourth-order valence-corrected chi connectivity index (χ4v) is 2.41. The minimum absolute atomic E-state index is 0. The van der Waals surface area contributed by atoms with Crippen molar-refractivity contribution < 1.29 is 14.3 Å². The van der Waals surface area contributed by atoms with Crippen LogP contribution >= 0.6 is 24.0 Å². The van der Waals surface area contributed by atoms with Crippen molar-refractivity contribution in [3.05, 3.63) is 0 Å². The van der Waals surface area contributed by atoms with E-state index >= 15 is 0 Å². The Balaban J connectivity index is 0.00000441. The van der Waals surface area contributed by atoms with Crippen molar-refractivity contribution in [1.29, 1.82) is 0 Å². The summed E-state index contributed by atoms with van der Waals surface area (Å²) >= 11 is 0. The van der Waals surface area contributed by atoms with Crippen molar-refractivity contribution in [2.75, 3.05) is 46.0 Å². The van der Waals surface area contributed by atoms with Gasteiger partial charge in [0.05, 0.1) is 25.7 Å². The molecule has 0 aromatic rings. The minimum Gasteiger partial charge on any atom is -0.466 e. The molecule has 0 radical (unpaired) electrons. The molecule has 1 atom stereocenters. The molecule has 1 saturated heterocycles. The molecule has 1 heterocycles. The number of hydrogen-bond donors (Lipinski definition) is 1. The van der Waals surface area contributed by atoms with Gasteiger partial charge in [0.2, 0.25) is 0 Å². The molecule has 0 saturated carbocycles. The highest BCUT2D eigenvalue weighted by atomic mass is 127. The predicted octanol–water partition coefficient (Wildman–Crippen LogP) is 1.88. The Morgan fingerprint density at radius 1 is 1.32 bits per heavy atom. The zero-order chi connectivity index (χ0) is 15.5. The van der Waals surface area contributed by atoms with Crippen LogP contribution in [0.3, 0.4) is 0 Å². The molecule has 0 spiro atoms. The average Bonchev–Trinajstić information content (AvgIpc) is 2.51. The highest BCUT2D eigenvalue weighted by Crippen LogP contribution is 2.18. The molecule has 1 aliphatic rings. The lowest BCUT2D eigenvalue weighted by Crippen LogP contribution is -2.48. The first-order chi connectivity index (χ1) is 10.2. The molecule has 1 rings (SSSR count). The number of carbonyl (C=O) groups excluding carboxylic acids is 1. The molecule has 1 fully saturated rings. The van der Waals surface area contributed by atoms with Gasteiger partial charge in [0.15, 0.2) is 5.96 Å². The number of ether oxygens (including phenoxy) is 2. The molecule has 1 N–H and O–H groups in total. The van der Waals surface area contributed by atoms with Crippen molar-refractivity contribution >= 4 is 35.9 Å². The van der Waals surface area contributed by atoms with Crippen molar-refractivity contribution in [1.82, 2.24) is 10.2 Å². The van der Waals surface area contributed by atoms with Gasteiger partial charge in [-0.15, -0.1) is 24.0 Å². The Morgan fingerprint density at radius 3 is 2.73 bits per heavy atom. The number of guanidine groups is 1. The van der Waals surface area contributed by atoms with E-state index in [2.05, 4.69) is 15.2 Å². The number of rotatable bonds is 7. The molecule has 0 aromatic carbocycles. The maximum Gasteiger partial charge on any atom is 0.310 e. The standard InChI is InChI=1S/C15H29N3O3.HI/c1-4-16-15(17-9-11-20-5-2)18-10-7-8-13(12-18)14(19)21-6-3;/h13H,4-12H2,1-3H3,(H,16,17);1H. The number of likely N-dealkylation sites (tertiary alicyclic amines) is 1. The van der Waals surface area contributed by atoms with Gasteiger partial charge in [-0.1, -0.05) is 0 Å². The summed E-state index contributed by atoms with van der Waals surface area (Å²) in [5.74, 6) is 0.730. The van der Waals surface area contributed by atoms with E-state index in [1.807, 2.05) is 20.8 Å². The highest BCUT2D eigenvalue weighted by Gasteiger charge is 2.28. The van der Waals surface area contributed by atoms with Gasteiger partial charge in [0.1, 0.15) is 0 Å². The van der Waals surface area contributed by atoms with Crippen LogP contribution in [0.1, 0.15) is 33.6 Å². The first-order valence-corrected chi connectivity index (χ1v) is 8.00. The van der Waals surface area contributed by atoms with Crippen LogP contribution in [0, 0.1) is 5.92 Å². The van der Waals surface area contributed by atoms with Gasteiger partial charge in [-0.25, -0.2) is 0 Å². The van der Waals surface area contributed by atoms with Gasteiger partial charge < -0.3 is 19.7 Å². The number of aliphatic imine (C=N–C) groups is 1. The number of nitrogens with one attached hydrogen (secondary N) is 1. The summed E-state index contributed by atoms with van der Waals surface area (Å²) in [5, 5.41) is 3.29. The van der Waals surface area contributed by atoms with Crippen LogP contribution in [0.15, 0.2) is 4.99 Å². The second-order valence-electron chi connectivity index (χ2n) is 4.97. The Hall–Kier alpha value is -0.570. The molecule has 1 aliphatic heterocycles. The van der Waals surface area contributed by atoms with Crippen LogP contribution in [0.5, 0.6) is 0 Å². The van der Waals surface area contributed by atoms with Crippen LogP contribution in [0.4, 0.5) is 0 Å². The third kappa shape index (κ3) is 7.62. The van der Waals surface area contributed by atoms with Gasteiger partial charge in [-0.05, 0) is 33.6 Å². The SMILES string of the molecule is CCNC(=NCCOCC)N1CCCC(C(=O)OCC)C1.I. The molecule has 22 heavy (non-hydrogen) atoms. The molecule has 1 unspecified atom stereocenters. The van der Waals surface area contributed by atoms with Gasteiger partial charge in [0.25, 0.3) is 0 Å². The highest BCUT2D eigenvalue weighted by molar-refractivity contribution is 14.0. The summed E-state index contributed by atoms with van der Waals surface area (Å²) < 4.78 is 10.4. The summed E-state index contributed by atoms with van der Waals surface area (Å²) in [6.45, 7) is 10.7. The first-order valence-electron chi connectivity index (χ1n) is 8.00. The van der Waals surface area contributed by atoms with E-state index in [1.165, 1.54) is 0 Å². The van der Waals surface area contributed by atoms with E-state index in [0.29, 0.717) is 32.9 Å². The predicted molar refractivity (Wildman–Crippen MR) is 98.8 cm³/mol. The van der Waals surface area contributed by atoms with Crippen LogP contribution in [0.2, 0.25) is 0 Å². The van der Waals surface area contributed by atoms with Gasteiger partial charge in [-0.2, -0.15) is 0 Å². The topological polar surface area (TPSA) is 63.2 Å². The van der Waals surface area contributed by atoms with Crippen molar-refractivity contribution in [2.45, 2.75) is 33.6 Å². The van der Waals surface area contributed by atoms with Crippen LogP contribution < -0.4 is 5.32 Å². The molecule has 6 nitrogen and oxygen atoms in total. The van der Waals surface area contributed by atoms with Crippen LogP contribution in [-0.2, 0) is 14.3 Å². The number of piperidine rings is 1. The first kappa shape index (κ1) is 21.4. The zero-order valence-electron chi connectivity index (χ0n) is 14.0. The van der Waals surface area contributed by atoms with Gasteiger partial charge >= 0.3 is 5.97 Å². The fourth-order valence-electron chi connectivity index (χ4n) is 2.41. The lowest BCUT2D eigenvalue weighted by molar-refractivity contribution is -0.149. The molecule has 0 aromatic heterocycles. The molecule has 0 amide bonds. The number of esters is 1. The molecule has 130 valence electrons. The maximum absolute atomic E-state index is 11.9. The smallest absolute Gasteiger partial charge is 0.310 e. The third-order valence-corrected chi connectivity index (χ3v) is 3.38. The van der Waals surface area contributed by atoms with Gasteiger partial charge in [-0.3, -0.25) is 9.79 Å². The summed E-state index contributed by atoms with van der Waals surface area (Å²) in [6, 6.07) is 0. The second-order valence-corrected chi connectivity index (χ2v) is 4.97. The van der Waals surface area contributed by atoms with Crippen LogP contribution in [0.25, 0.3) is 0 Å². The molecule has 7 heteroatoms. The summed E-state index contributed by atoms with van der Waals surface area (Å²) in [7, 11) is 0. The Morgan fingerprint density at radius 2 is 2.09 bits per heavy atom. The molecular weight excluding hydrogens is 397 g/mol. The summed E-state index contributed by atoms with van der Waals surface area (Å²) in [6.07, 6.45) is 1.88. The normalized spacial score (nSPS) is 18.6. The van der Waals surface area contributed by atoms with Crippen molar-refractivity contribution in [2.24, 2.45) is 10.9 Å². The van der Waals surface area contributed by atoms with E-state index in [1.54, 1.807) is 0 Å². The molecule has 0 bridgehead atoms. The zero-order valence-corrected chi connectivity index (χ0v) is 16.3. The largest absolute Gasteiger partial charge is 0.466 e. The number of nitrogens with zero attached hydrogens (tertiary/aromatic N) is 2. The monoisotopic (exact) mass is 427 g/mol. The Labute approximate surface area is 151 Å². The molecule has 0 aliphatic carbocycles. The van der Waals surface area contributed by atoms with E-state index in [-0.39, 0.29) is 35.9 Å². The lowest BCUT2D eigenvalue weighted by Gasteiger charge is -2.34.